The minimum atomic E-state index is -0.513. The van der Waals surface area contributed by atoms with E-state index in [-0.39, 0.29) is 19.0 Å². The first kappa shape index (κ1) is 18.8. The molecule has 0 atom stereocenters. The highest BCUT2D eigenvalue weighted by atomic mass is 32.1. The SMILES string of the molecule is COC(=O)Cn1c(=NC(=O)COc2ccc(F)cc2)sc2cc(C)ccc21. The van der Waals surface area contributed by atoms with Crippen molar-refractivity contribution in [3.05, 3.63) is 58.6 Å². The van der Waals surface area contributed by atoms with Crippen molar-refractivity contribution in [3.63, 3.8) is 0 Å². The summed E-state index contributed by atoms with van der Waals surface area (Å²) in [5.74, 6) is -0.968. The zero-order valence-electron chi connectivity index (χ0n) is 14.8. The van der Waals surface area contributed by atoms with E-state index in [4.69, 9.17) is 9.47 Å². The van der Waals surface area contributed by atoms with Crippen LogP contribution in [0.2, 0.25) is 0 Å². The van der Waals surface area contributed by atoms with Gasteiger partial charge < -0.3 is 14.0 Å². The highest BCUT2D eigenvalue weighted by Gasteiger charge is 2.12. The summed E-state index contributed by atoms with van der Waals surface area (Å²) in [6.07, 6.45) is 0. The Morgan fingerprint density at radius 2 is 1.93 bits per heavy atom. The van der Waals surface area contributed by atoms with E-state index in [1.165, 1.54) is 42.7 Å². The van der Waals surface area contributed by atoms with Gasteiger partial charge in [-0.2, -0.15) is 4.99 Å². The molecule has 0 saturated carbocycles. The van der Waals surface area contributed by atoms with Crippen LogP contribution in [0.1, 0.15) is 5.56 Å². The fraction of sp³-hybridized carbons (Fsp3) is 0.211. The smallest absolute Gasteiger partial charge is 0.325 e. The Bertz CT molecular complexity index is 1050. The molecular weight excluding hydrogens is 371 g/mol. The molecule has 1 heterocycles. The fourth-order valence-corrected chi connectivity index (χ4v) is 3.57. The van der Waals surface area contributed by atoms with Gasteiger partial charge >= 0.3 is 5.97 Å². The Kier molecular flexibility index (Phi) is 5.66. The predicted octanol–water partition coefficient (Wildman–Crippen LogP) is 2.83. The second-order valence-corrected chi connectivity index (χ2v) is 6.78. The van der Waals surface area contributed by atoms with Gasteiger partial charge in [0.25, 0.3) is 5.91 Å². The van der Waals surface area contributed by atoms with Crippen molar-refractivity contribution in [1.82, 2.24) is 4.57 Å². The van der Waals surface area contributed by atoms with E-state index in [9.17, 15) is 14.0 Å². The van der Waals surface area contributed by atoms with Crippen LogP contribution < -0.4 is 9.54 Å². The van der Waals surface area contributed by atoms with Crippen LogP contribution in [0.3, 0.4) is 0 Å². The first-order valence-corrected chi connectivity index (χ1v) is 8.90. The van der Waals surface area contributed by atoms with E-state index in [0.29, 0.717) is 10.6 Å². The standard InChI is InChI=1S/C19H17FN2O4S/c1-12-3-8-15-16(9-12)27-19(22(15)10-18(24)25-2)21-17(23)11-26-14-6-4-13(20)5-7-14/h3-9H,10-11H2,1-2H3. The number of carbonyl (C=O) groups is 2. The molecule has 0 unspecified atom stereocenters. The van der Waals surface area contributed by atoms with Crippen LogP contribution >= 0.6 is 11.3 Å². The molecule has 0 aliphatic carbocycles. The zero-order chi connectivity index (χ0) is 19.4. The van der Waals surface area contributed by atoms with Gasteiger partial charge in [0.05, 0.1) is 17.3 Å². The molecule has 0 radical (unpaired) electrons. The quantitative estimate of drug-likeness (QED) is 0.630. The van der Waals surface area contributed by atoms with Crippen molar-refractivity contribution >= 4 is 33.4 Å². The van der Waals surface area contributed by atoms with Crippen LogP contribution in [-0.4, -0.2) is 30.2 Å². The van der Waals surface area contributed by atoms with Crippen molar-refractivity contribution in [3.8, 4) is 5.75 Å². The van der Waals surface area contributed by atoms with Crippen molar-refractivity contribution in [2.75, 3.05) is 13.7 Å². The Labute approximate surface area is 158 Å². The van der Waals surface area contributed by atoms with Crippen LogP contribution in [0.5, 0.6) is 5.75 Å². The normalized spacial score (nSPS) is 11.6. The van der Waals surface area contributed by atoms with E-state index >= 15 is 0 Å². The molecule has 0 aliphatic rings. The molecule has 140 valence electrons. The minimum absolute atomic E-state index is 0.0511. The molecule has 0 fully saturated rings. The second kappa shape index (κ2) is 8.13. The fourth-order valence-electron chi connectivity index (χ4n) is 2.43. The van der Waals surface area contributed by atoms with Crippen LogP contribution in [0.4, 0.5) is 4.39 Å². The Balaban J connectivity index is 1.88. The molecule has 0 saturated heterocycles. The third-order valence-electron chi connectivity index (χ3n) is 3.75. The van der Waals surface area contributed by atoms with Gasteiger partial charge in [0.1, 0.15) is 18.1 Å². The largest absolute Gasteiger partial charge is 0.484 e. The predicted molar refractivity (Wildman–Crippen MR) is 99.0 cm³/mol. The van der Waals surface area contributed by atoms with Crippen LogP contribution in [-0.2, 0) is 20.9 Å². The lowest BCUT2D eigenvalue weighted by molar-refractivity contribution is -0.141. The van der Waals surface area contributed by atoms with Crippen LogP contribution in [0, 0.1) is 12.7 Å². The third kappa shape index (κ3) is 4.59. The second-order valence-electron chi connectivity index (χ2n) is 5.77. The maximum atomic E-state index is 12.9. The van der Waals surface area contributed by atoms with Gasteiger partial charge in [0.2, 0.25) is 0 Å². The summed E-state index contributed by atoms with van der Waals surface area (Å²) in [6, 6.07) is 11.1. The number of methoxy groups -OCH3 is 1. The number of fused-ring (bicyclic) bond motifs is 1. The minimum Gasteiger partial charge on any atom is -0.484 e. The molecule has 8 heteroatoms. The zero-order valence-corrected chi connectivity index (χ0v) is 15.6. The van der Waals surface area contributed by atoms with Gasteiger partial charge in [-0.05, 0) is 48.9 Å². The molecule has 1 aromatic heterocycles. The van der Waals surface area contributed by atoms with Crippen molar-refractivity contribution in [2.24, 2.45) is 4.99 Å². The first-order chi connectivity index (χ1) is 13.0. The van der Waals surface area contributed by atoms with Gasteiger partial charge in [-0.25, -0.2) is 4.39 Å². The monoisotopic (exact) mass is 388 g/mol. The summed E-state index contributed by atoms with van der Waals surface area (Å²) in [4.78, 5) is 28.4. The average molecular weight is 388 g/mol. The summed E-state index contributed by atoms with van der Waals surface area (Å²) in [6.45, 7) is 1.62. The molecule has 6 nitrogen and oxygen atoms in total. The number of ether oxygens (including phenoxy) is 2. The number of amides is 1. The molecule has 3 rings (SSSR count). The number of carbonyl (C=O) groups excluding carboxylic acids is 2. The third-order valence-corrected chi connectivity index (χ3v) is 4.79. The molecule has 0 bridgehead atoms. The number of thiazole rings is 1. The molecule has 0 N–H and O–H groups in total. The number of halogens is 1. The molecule has 0 aliphatic heterocycles. The maximum Gasteiger partial charge on any atom is 0.325 e. The van der Waals surface area contributed by atoms with Gasteiger partial charge in [0.15, 0.2) is 11.4 Å². The lowest BCUT2D eigenvalue weighted by Gasteiger charge is -2.04. The number of rotatable bonds is 5. The van der Waals surface area contributed by atoms with Crippen molar-refractivity contribution in [1.29, 1.82) is 0 Å². The van der Waals surface area contributed by atoms with E-state index in [1.54, 1.807) is 4.57 Å². The van der Waals surface area contributed by atoms with E-state index in [2.05, 4.69) is 4.99 Å². The molecular formula is C19H17FN2O4S. The van der Waals surface area contributed by atoms with Crippen LogP contribution in [0.15, 0.2) is 47.5 Å². The number of benzene rings is 2. The number of hydrogen-bond donors (Lipinski definition) is 0. The summed E-state index contributed by atoms with van der Waals surface area (Å²) in [7, 11) is 1.31. The van der Waals surface area contributed by atoms with Crippen molar-refractivity contribution < 1.29 is 23.5 Å². The number of hydrogen-bond acceptors (Lipinski definition) is 5. The van der Waals surface area contributed by atoms with Crippen LogP contribution in [0.25, 0.3) is 10.2 Å². The lowest BCUT2D eigenvalue weighted by atomic mass is 10.2. The molecule has 1 amide bonds. The molecule has 2 aromatic carbocycles. The van der Waals surface area contributed by atoms with Gasteiger partial charge in [-0.1, -0.05) is 17.4 Å². The first-order valence-electron chi connectivity index (χ1n) is 8.09. The lowest BCUT2D eigenvalue weighted by Crippen LogP contribution is -2.23. The Morgan fingerprint density at radius 1 is 1.19 bits per heavy atom. The Morgan fingerprint density at radius 3 is 2.63 bits per heavy atom. The van der Waals surface area contributed by atoms with Gasteiger partial charge in [-0.3, -0.25) is 9.59 Å². The number of nitrogens with zero attached hydrogens (tertiary/aromatic N) is 2. The van der Waals surface area contributed by atoms with E-state index in [0.717, 1.165) is 15.8 Å². The summed E-state index contributed by atoms with van der Waals surface area (Å²) in [5, 5.41) is 0. The summed E-state index contributed by atoms with van der Waals surface area (Å²) >= 11 is 1.31. The number of esters is 1. The summed E-state index contributed by atoms with van der Waals surface area (Å²) in [5.41, 5.74) is 1.86. The molecule has 0 spiro atoms. The molecule has 27 heavy (non-hydrogen) atoms. The number of aromatic nitrogens is 1. The molecule has 3 aromatic rings. The van der Waals surface area contributed by atoms with E-state index < -0.39 is 11.9 Å². The van der Waals surface area contributed by atoms with E-state index in [1.807, 2.05) is 25.1 Å². The van der Waals surface area contributed by atoms with Gasteiger partial charge in [-0.15, -0.1) is 0 Å². The average Bonchev–Trinajstić information content (AvgIpc) is 2.97. The topological polar surface area (TPSA) is 69.9 Å². The highest BCUT2D eigenvalue weighted by molar-refractivity contribution is 7.16. The summed E-state index contributed by atoms with van der Waals surface area (Å²) < 4.78 is 25.5. The Hall–Kier alpha value is -3.00. The highest BCUT2D eigenvalue weighted by Crippen LogP contribution is 2.19. The van der Waals surface area contributed by atoms with Gasteiger partial charge in [0, 0.05) is 0 Å². The maximum absolute atomic E-state index is 12.9. The van der Waals surface area contributed by atoms with Crippen molar-refractivity contribution in [2.45, 2.75) is 13.5 Å². The number of aryl methyl sites for hydroxylation is 1.